The van der Waals surface area contributed by atoms with Crippen molar-refractivity contribution in [2.45, 2.75) is 71.0 Å². The third-order valence-corrected chi connectivity index (χ3v) is 7.92. The fourth-order valence-corrected chi connectivity index (χ4v) is 5.55. The highest BCUT2D eigenvalue weighted by Gasteiger charge is 2.33. The van der Waals surface area contributed by atoms with Gasteiger partial charge in [0.1, 0.15) is 6.04 Å². The Balaban J connectivity index is 1.72. The Hall–Kier alpha value is -2.82. The molecule has 0 spiro atoms. The number of amides is 2. The van der Waals surface area contributed by atoms with Crippen molar-refractivity contribution < 1.29 is 9.59 Å². The van der Waals surface area contributed by atoms with Crippen LogP contribution in [0.25, 0.3) is 0 Å². The molecule has 1 N–H and O–H groups in total. The van der Waals surface area contributed by atoms with Crippen LogP contribution in [0.5, 0.6) is 0 Å². The van der Waals surface area contributed by atoms with Gasteiger partial charge in [-0.25, -0.2) is 0 Å². The highest BCUT2D eigenvalue weighted by Crippen LogP contribution is 2.28. The maximum atomic E-state index is 14.0. The van der Waals surface area contributed by atoms with E-state index in [4.69, 9.17) is 23.2 Å². The zero-order valence-electron chi connectivity index (χ0n) is 21.5. The molecule has 1 aliphatic carbocycles. The summed E-state index contributed by atoms with van der Waals surface area (Å²) < 4.78 is 0. The van der Waals surface area contributed by atoms with Crippen molar-refractivity contribution in [3.63, 3.8) is 0 Å². The van der Waals surface area contributed by atoms with Gasteiger partial charge in [-0.3, -0.25) is 9.59 Å². The molecule has 6 heteroatoms. The minimum Gasteiger partial charge on any atom is -0.352 e. The van der Waals surface area contributed by atoms with Crippen molar-refractivity contribution in [3.05, 3.63) is 105 Å². The van der Waals surface area contributed by atoms with Gasteiger partial charge in [0.05, 0.1) is 6.42 Å². The number of carbonyl (C=O) groups excluding carboxylic acids is 2. The van der Waals surface area contributed by atoms with Crippen LogP contribution in [-0.2, 0) is 29.0 Å². The quantitative estimate of drug-likeness (QED) is 0.325. The van der Waals surface area contributed by atoms with Crippen LogP contribution in [-0.4, -0.2) is 28.8 Å². The van der Waals surface area contributed by atoms with Crippen LogP contribution in [0.3, 0.4) is 0 Å². The Bertz CT molecular complexity index is 1220. The first-order valence-electron chi connectivity index (χ1n) is 12.9. The van der Waals surface area contributed by atoms with Crippen LogP contribution in [0.15, 0.2) is 66.7 Å². The first-order valence-corrected chi connectivity index (χ1v) is 13.7. The van der Waals surface area contributed by atoms with E-state index in [1.807, 2.05) is 62.4 Å². The standard InChI is InChI=1S/C31H34Cl2N2O2/c1-21-15-16-22(2)24(17-21)19-30(36)35(20-26-27(32)13-8-14-28(26)33)29(18-23-9-4-3-5-10-23)31(37)34-25-11-6-7-12-25/h3-5,8-10,13-17,25,29H,6-7,11-12,18-20H2,1-2H3,(H,34,37)/t29-/m1/s1. The van der Waals surface area contributed by atoms with Crippen LogP contribution in [0.2, 0.25) is 10.0 Å². The van der Waals surface area contributed by atoms with Crippen LogP contribution < -0.4 is 5.32 Å². The molecule has 0 aromatic heterocycles. The number of hydrogen-bond donors (Lipinski definition) is 1. The second-order valence-electron chi connectivity index (χ2n) is 10.0. The van der Waals surface area contributed by atoms with E-state index in [2.05, 4.69) is 5.32 Å². The molecule has 3 aromatic rings. The maximum Gasteiger partial charge on any atom is 0.243 e. The predicted octanol–water partition coefficient (Wildman–Crippen LogP) is 6.85. The predicted molar refractivity (Wildman–Crippen MR) is 151 cm³/mol. The zero-order valence-corrected chi connectivity index (χ0v) is 23.0. The van der Waals surface area contributed by atoms with Gasteiger partial charge in [-0.2, -0.15) is 0 Å². The molecule has 2 amide bonds. The number of nitrogens with zero attached hydrogens (tertiary/aromatic N) is 1. The molecular weight excluding hydrogens is 503 g/mol. The van der Waals surface area contributed by atoms with E-state index in [0.717, 1.165) is 47.9 Å². The van der Waals surface area contributed by atoms with E-state index in [9.17, 15) is 9.59 Å². The van der Waals surface area contributed by atoms with E-state index in [1.54, 1.807) is 23.1 Å². The molecule has 0 aliphatic heterocycles. The SMILES string of the molecule is Cc1ccc(C)c(CC(=O)N(Cc2c(Cl)cccc2Cl)[C@H](Cc2ccccc2)C(=O)NC2CCCC2)c1. The van der Waals surface area contributed by atoms with E-state index < -0.39 is 6.04 Å². The van der Waals surface area contributed by atoms with E-state index in [-0.39, 0.29) is 30.8 Å². The van der Waals surface area contributed by atoms with Gasteiger partial charge < -0.3 is 10.2 Å². The minimum atomic E-state index is -0.701. The topological polar surface area (TPSA) is 49.4 Å². The van der Waals surface area contributed by atoms with Crippen molar-refractivity contribution >= 4 is 35.0 Å². The van der Waals surface area contributed by atoms with Crippen molar-refractivity contribution in [2.75, 3.05) is 0 Å². The molecular formula is C31H34Cl2N2O2. The van der Waals surface area contributed by atoms with Gasteiger partial charge in [0.25, 0.3) is 0 Å². The molecule has 3 aromatic carbocycles. The van der Waals surface area contributed by atoms with E-state index in [1.165, 1.54) is 0 Å². The van der Waals surface area contributed by atoms with Gasteiger partial charge in [0.2, 0.25) is 11.8 Å². The summed E-state index contributed by atoms with van der Waals surface area (Å²) in [6, 6.07) is 20.7. The normalized spacial score (nSPS) is 14.4. The van der Waals surface area contributed by atoms with Gasteiger partial charge in [-0.1, -0.05) is 96.2 Å². The summed E-state index contributed by atoms with van der Waals surface area (Å²) in [4.78, 5) is 29.5. The van der Waals surface area contributed by atoms with Crippen LogP contribution >= 0.6 is 23.2 Å². The number of hydrogen-bond acceptors (Lipinski definition) is 2. The Kier molecular flexibility index (Phi) is 9.28. The number of rotatable bonds is 9. The zero-order chi connectivity index (χ0) is 26.4. The Labute approximate surface area is 230 Å². The summed E-state index contributed by atoms with van der Waals surface area (Å²) in [7, 11) is 0. The Morgan fingerprint density at radius 1 is 0.946 bits per heavy atom. The molecule has 0 radical (unpaired) electrons. The molecule has 1 aliphatic rings. The molecule has 4 rings (SSSR count). The number of benzene rings is 3. The maximum absolute atomic E-state index is 14.0. The summed E-state index contributed by atoms with van der Waals surface area (Å²) in [6.07, 6.45) is 4.75. The molecule has 0 unspecified atom stereocenters. The highest BCUT2D eigenvalue weighted by atomic mass is 35.5. The van der Waals surface area contributed by atoms with Crippen molar-refractivity contribution in [1.29, 1.82) is 0 Å². The monoisotopic (exact) mass is 536 g/mol. The van der Waals surface area contributed by atoms with Gasteiger partial charge in [-0.05, 0) is 55.5 Å². The van der Waals surface area contributed by atoms with Crippen LogP contribution in [0.1, 0.15) is 53.5 Å². The third kappa shape index (κ3) is 7.15. The molecule has 1 atom stereocenters. The fourth-order valence-electron chi connectivity index (χ4n) is 5.03. The second-order valence-corrected chi connectivity index (χ2v) is 10.8. The molecule has 4 nitrogen and oxygen atoms in total. The number of aryl methyl sites for hydroxylation is 2. The van der Waals surface area contributed by atoms with Crippen molar-refractivity contribution in [2.24, 2.45) is 0 Å². The van der Waals surface area contributed by atoms with Gasteiger partial charge in [0.15, 0.2) is 0 Å². The first kappa shape index (κ1) is 27.2. The first-order chi connectivity index (χ1) is 17.8. The average molecular weight is 538 g/mol. The molecule has 0 heterocycles. The number of carbonyl (C=O) groups is 2. The van der Waals surface area contributed by atoms with Gasteiger partial charge >= 0.3 is 0 Å². The van der Waals surface area contributed by atoms with E-state index in [0.29, 0.717) is 22.0 Å². The van der Waals surface area contributed by atoms with Gasteiger partial charge in [0, 0.05) is 34.6 Å². The lowest BCUT2D eigenvalue weighted by atomic mass is 9.99. The lowest BCUT2D eigenvalue weighted by Crippen LogP contribution is -2.52. The number of nitrogens with one attached hydrogen (secondary N) is 1. The lowest BCUT2D eigenvalue weighted by molar-refractivity contribution is -0.141. The fraction of sp³-hybridized carbons (Fsp3) is 0.355. The van der Waals surface area contributed by atoms with E-state index >= 15 is 0 Å². The third-order valence-electron chi connectivity index (χ3n) is 7.21. The molecule has 194 valence electrons. The average Bonchev–Trinajstić information content (AvgIpc) is 3.38. The largest absolute Gasteiger partial charge is 0.352 e. The Morgan fingerprint density at radius 2 is 1.62 bits per heavy atom. The van der Waals surface area contributed by atoms with Crippen molar-refractivity contribution in [3.8, 4) is 0 Å². The number of halogens is 2. The molecule has 0 saturated heterocycles. The van der Waals surface area contributed by atoms with Crippen molar-refractivity contribution in [1.82, 2.24) is 10.2 Å². The molecule has 1 saturated carbocycles. The van der Waals surface area contributed by atoms with Crippen LogP contribution in [0, 0.1) is 13.8 Å². The second kappa shape index (κ2) is 12.6. The minimum absolute atomic E-state index is 0.131. The summed E-state index contributed by atoms with van der Waals surface area (Å²) in [5.41, 5.74) is 4.73. The molecule has 37 heavy (non-hydrogen) atoms. The Morgan fingerprint density at radius 3 is 2.30 bits per heavy atom. The highest BCUT2D eigenvalue weighted by molar-refractivity contribution is 6.36. The summed E-state index contributed by atoms with van der Waals surface area (Å²) >= 11 is 13.1. The summed E-state index contributed by atoms with van der Waals surface area (Å²) in [6.45, 7) is 4.17. The smallest absolute Gasteiger partial charge is 0.243 e. The summed E-state index contributed by atoms with van der Waals surface area (Å²) in [5.74, 6) is -0.263. The summed E-state index contributed by atoms with van der Waals surface area (Å²) in [5, 5.41) is 4.19. The lowest BCUT2D eigenvalue weighted by Gasteiger charge is -2.33. The molecule has 0 bridgehead atoms. The molecule has 1 fully saturated rings. The van der Waals surface area contributed by atoms with Gasteiger partial charge in [-0.15, -0.1) is 0 Å². The van der Waals surface area contributed by atoms with Crippen LogP contribution in [0.4, 0.5) is 0 Å².